The maximum atomic E-state index is 3.70. The van der Waals surface area contributed by atoms with Crippen LogP contribution < -0.4 is 5.32 Å². The van der Waals surface area contributed by atoms with Crippen molar-refractivity contribution in [2.24, 2.45) is 5.92 Å². The average molecular weight is 196 g/mol. The SMILES string of the molecule is CC(C)(C)N1CCCNC(C2CC2)C1. The molecule has 1 unspecified atom stereocenters. The van der Waals surface area contributed by atoms with Gasteiger partial charge in [0.25, 0.3) is 0 Å². The van der Waals surface area contributed by atoms with Crippen molar-refractivity contribution in [1.82, 2.24) is 10.2 Å². The molecule has 1 atom stereocenters. The molecule has 0 radical (unpaired) electrons. The second kappa shape index (κ2) is 3.82. The summed E-state index contributed by atoms with van der Waals surface area (Å²) in [6.07, 6.45) is 4.21. The van der Waals surface area contributed by atoms with E-state index >= 15 is 0 Å². The first-order valence-electron chi connectivity index (χ1n) is 6.06. The summed E-state index contributed by atoms with van der Waals surface area (Å²) in [6.45, 7) is 10.7. The fourth-order valence-corrected chi connectivity index (χ4v) is 2.37. The predicted molar refractivity (Wildman–Crippen MR) is 60.5 cm³/mol. The Hall–Kier alpha value is -0.0800. The molecule has 0 spiro atoms. The van der Waals surface area contributed by atoms with Crippen LogP contribution in [0.5, 0.6) is 0 Å². The zero-order valence-corrected chi connectivity index (χ0v) is 9.84. The van der Waals surface area contributed by atoms with Crippen molar-refractivity contribution in [3.63, 3.8) is 0 Å². The van der Waals surface area contributed by atoms with Gasteiger partial charge >= 0.3 is 0 Å². The fraction of sp³-hybridized carbons (Fsp3) is 1.00. The van der Waals surface area contributed by atoms with Crippen LogP contribution in [0.4, 0.5) is 0 Å². The Morgan fingerprint density at radius 2 is 1.93 bits per heavy atom. The first-order chi connectivity index (χ1) is 6.57. The topological polar surface area (TPSA) is 15.3 Å². The van der Waals surface area contributed by atoms with Crippen molar-refractivity contribution < 1.29 is 0 Å². The molecule has 1 heterocycles. The average Bonchev–Trinajstić information content (AvgIpc) is 2.89. The summed E-state index contributed by atoms with van der Waals surface area (Å²) in [5, 5.41) is 3.70. The monoisotopic (exact) mass is 196 g/mol. The molecule has 0 amide bonds. The van der Waals surface area contributed by atoms with Crippen molar-refractivity contribution in [3.8, 4) is 0 Å². The largest absolute Gasteiger partial charge is 0.312 e. The lowest BCUT2D eigenvalue weighted by Crippen LogP contribution is -2.47. The van der Waals surface area contributed by atoms with E-state index in [1.54, 1.807) is 0 Å². The van der Waals surface area contributed by atoms with Gasteiger partial charge in [0.05, 0.1) is 0 Å². The summed E-state index contributed by atoms with van der Waals surface area (Å²) in [7, 11) is 0. The zero-order chi connectivity index (χ0) is 10.2. The Bertz CT molecular complexity index is 191. The minimum absolute atomic E-state index is 0.346. The number of hydrogen-bond acceptors (Lipinski definition) is 2. The zero-order valence-electron chi connectivity index (χ0n) is 9.84. The van der Waals surface area contributed by atoms with Gasteiger partial charge in [-0.05, 0) is 59.0 Å². The molecule has 1 saturated heterocycles. The quantitative estimate of drug-likeness (QED) is 0.688. The van der Waals surface area contributed by atoms with E-state index < -0.39 is 0 Å². The molecule has 0 aromatic rings. The van der Waals surface area contributed by atoms with Gasteiger partial charge in [-0.1, -0.05) is 0 Å². The van der Waals surface area contributed by atoms with Gasteiger partial charge in [-0.2, -0.15) is 0 Å². The molecule has 1 N–H and O–H groups in total. The molecule has 2 heteroatoms. The van der Waals surface area contributed by atoms with E-state index in [9.17, 15) is 0 Å². The van der Waals surface area contributed by atoms with Gasteiger partial charge in [0.15, 0.2) is 0 Å². The highest BCUT2D eigenvalue weighted by molar-refractivity contribution is 4.92. The third-order valence-corrected chi connectivity index (χ3v) is 3.57. The maximum Gasteiger partial charge on any atom is 0.0223 e. The summed E-state index contributed by atoms with van der Waals surface area (Å²) in [5.41, 5.74) is 0.346. The molecule has 1 aliphatic carbocycles. The minimum atomic E-state index is 0.346. The van der Waals surface area contributed by atoms with Gasteiger partial charge < -0.3 is 5.32 Å². The second-order valence-corrected chi connectivity index (χ2v) is 5.87. The number of nitrogens with one attached hydrogen (secondary N) is 1. The van der Waals surface area contributed by atoms with Crippen LogP contribution in [0, 0.1) is 5.92 Å². The van der Waals surface area contributed by atoms with Crippen LogP contribution >= 0.6 is 0 Å². The normalized spacial score (nSPS) is 31.5. The summed E-state index contributed by atoms with van der Waals surface area (Å²) >= 11 is 0. The van der Waals surface area contributed by atoms with Crippen LogP contribution in [0.2, 0.25) is 0 Å². The Morgan fingerprint density at radius 3 is 2.50 bits per heavy atom. The Morgan fingerprint density at radius 1 is 1.21 bits per heavy atom. The number of hydrogen-bond donors (Lipinski definition) is 1. The van der Waals surface area contributed by atoms with E-state index in [1.807, 2.05) is 0 Å². The molecule has 0 aromatic carbocycles. The molecule has 1 aliphatic heterocycles. The van der Waals surface area contributed by atoms with Crippen LogP contribution in [0.3, 0.4) is 0 Å². The number of nitrogens with zero attached hydrogens (tertiary/aromatic N) is 1. The van der Waals surface area contributed by atoms with E-state index in [0.717, 1.165) is 12.0 Å². The van der Waals surface area contributed by atoms with Crippen LogP contribution in [-0.2, 0) is 0 Å². The van der Waals surface area contributed by atoms with E-state index in [1.165, 1.54) is 38.9 Å². The van der Waals surface area contributed by atoms with Crippen LogP contribution in [0.15, 0.2) is 0 Å². The van der Waals surface area contributed by atoms with E-state index in [0.29, 0.717) is 5.54 Å². The van der Waals surface area contributed by atoms with Gasteiger partial charge in [-0.3, -0.25) is 4.90 Å². The van der Waals surface area contributed by atoms with Crippen molar-refractivity contribution in [2.75, 3.05) is 19.6 Å². The van der Waals surface area contributed by atoms with Crippen LogP contribution in [0.25, 0.3) is 0 Å². The summed E-state index contributed by atoms with van der Waals surface area (Å²) in [6, 6.07) is 0.775. The molecule has 14 heavy (non-hydrogen) atoms. The van der Waals surface area contributed by atoms with Gasteiger partial charge in [-0.15, -0.1) is 0 Å². The summed E-state index contributed by atoms with van der Waals surface area (Å²) < 4.78 is 0. The lowest BCUT2D eigenvalue weighted by molar-refractivity contribution is 0.131. The molecule has 2 nitrogen and oxygen atoms in total. The molecular formula is C12H24N2. The second-order valence-electron chi connectivity index (χ2n) is 5.87. The van der Waals surface area contributed by atoms with Crippen LogP contribution in [0.1, 0.15) is 40.0 Å². The smallest absolute Gasteiger partial charge is 0.0223 e. The first-order valence-corrected chi connectivity index (χ1v) is 6.06. The van der Waals surface area contributed by atoms with E-state index in [2.05, 4.69) is 31.0 Å². The molecule has 2 fully saturated rings. The highest BCUT2D eigenvalue weighted by Gasteiger charge is 2.35. The van der Waals surface area contributed by atoms with Crippen molar-refractivity contribution in [3.05, 3.63) is 0 Å². The standard InChI is InChI=1S/C12H24N2/c1-12(2,3)14-8-4-7-13-11(9-14)10-5-6-10/h10-11,13H,4-9H2,1-3H3. The summed E-state index contributed by atoms with van der Waals surface area (Å²) in [4.78, 5) is 2.65. The van der Waals surface area contributed by atoms with Crippen LogP contribution in [-0.4, -0.2) is 36.1 Å². The Kier molecular flexibility index (Phi) is 2.85. The fourth-order valence-electron chi connectivity index (χ4n) is 2.37. The lowest BCUT2D eigenvalue weighted by atomic mass is 10.0. The van der Waals surface area contributed by atoms with Gasteiger partial charge in [-0.25, -0.2) is 0 Å². The molecule has 2 rings (SSSR count). The van der Waals surface area contributed by atoms with E-state index in [-0.39, 0.29) is 0 Å². The molecule has 2 aliphatic rings. The van der Waals surface area contributed by atoms with Gasteiger partial charge in [0.2, 0.25) is 0 Å². The highest BCUT2D eigenvalue weighted by atomic mass is 15.2. The first kappa shape index (κ1) is 10.4. The Labute approximate surface area is 88.1 Å². The minimum Gasteiger partial charge on any atom is -0.312 e. The third-order valence-electron chi connectivity index (χ3n) is 3.57. The van der Waals surface area contributed by atoms with Crippen molar-refractivity contribution >= 4 is 0 Å². The van der Waals surface area contributed by atoms with E-state index in [4.69, 9.17) is 0 Å². The molecule has 0 bridgehead atoms. The van der Waals surface area contributed by atoms with Gasteiger partial charge in [0.1, 0.15) is 0 Å². The highest BCUT2D eigenvalue weighted by Crippen LogP contribution is 2.34. The molecular weight excluding hydrogens is 172 g/mol. The van der Waals surface area contributed by atoms with Gasteiger partial charge in [0, 0.05) is 18.1 Å². The number of rotatable bonds is 1. The molecule has 0 aromatic heterocycles. The summed E-state index contributed by atoms with van der Waals surface area (Å²) in [5.74, 6) is 0.984. The van der Waals surface area contributed by atoms with Crippen molar-refractivity contribution in [2.45, 2.75) is 51.6 Å². The molecule has 82 valence electrons. The maximum absolute atomic E-state index is 3.70. The predicted octanol–water partition coefficient (Wildman–Crippen LogP) is 1.86. The third kappa shape index (κ3) is 2.48. The Balaban J connectivity index is 1.96. The molecule has 1 saturated carbocycles. The lowest BCUT2D eigenvalue weighted by Gasteiger charge is -2.36. The van der Waals surface area contributed by atoms with Crippen molar-refractivity contribution in [1.29, 1.82) is 0 Å².